The quantitative estimate of drug-likeness (QED) is 0.395. The molecule has 1 aromatic rings. The highest BCUT2D eigenvalue weighted by atomic mass is 79.9. The van der Waals surface area contributed by atoms with Crippen LogP contribution in [0.4, 0.5) is 17.6 Å². The summed E-state index contributed by atoms with van der Waals surface area (Å²) in [5.41, 5.74) is -0.218. The maximum atomic E-state index is 13.4. The molecule has 2 N–H and O–H groups in total. The number of hydrazone groups is 1. The lowest BCUT2D eigenvalue weighted by molar-refractivity contribution is -0.275. The highest BCUT2D eigenvalue weighted by Crippen LogP contribution is 2.30. The van der Waals surface area contributed by atoms with Crippen LogP contribution in [-0.4, -0.2) is 12.6 Å². The Morgan fingerprint density at radius 1 is 1.38 bits per heavy atom. The van der Waals surface area contributed by atoms with Crippen molar-refractivity contribution in [2.24, 2.45) is 10.9 Å². The lowest BCUT2D eigenvalue weighted by Gasteiger charge is -2.11. The third-order valence-electron chi connectivity index (χ3n) is 1.52. The van der Waals surface area contributed by atoms with Crippen LogP contribution < -0.4 is 10.6 Å². The number of benzene rings is 1. The zero-order chi connectivity index (χ0) is 12.3. The Balaban J connectivity index is 3.18. The fourth-order valence-corrected chi connectivity index (χ4v) is 1.35. The molecule has 88 valence electrons. The van der Waals surface area contributed by atoms with Crippen LogP contribution in [0.1, 0.15) is 5.56 Å². The van der Waals surface area contributed by atoms with E-state index in [4.69, 9.17) is 5.84 Å². The third-order valence-corrected chi connectivity index (χ3v) is 2.21. The first kappa shape index (κ1) is 12.8. The van der Waals surface area contributed by atoms with E-state index in [0.29, 0.717) is 0 Å². The molecule has 0 saturated heterocycles. The fourth-order valence-electron chi connectivity index (χ4n) is 0.946. The van der Waals surface area contributed by atoms with E-state index in [-0.39, 0.29) is 10.0 Å². The zero-order valence-corrected chi connectivity index (χ0v) is 9.14. The van der Waals surface area contributed by atoms with Crippen molar-refractivity contribution in [1.29, 1.82) is 0 Å². The van der Waals surface area contributed by atoms with Crippen molar-refractivity contribution in [3.63, 3.8) is 0 Å². The highest BCUT2D eigenvalue weighted by molar-refractivity contribution is 9.10. The minimum Gasteiger partial charge on any atom is -0.403 e. The number of rotatable bonds is 2. The Morgan fingerprint density at radius 2 is 2.00 bits per heavy atom. The van der Waals surface area contributed by atoms with Gasteiger partial charge in [0, 0.05) is 10.0 Å². The Labute approximate surface area is 96.0 Å². The Morgan fingerprint density at radius 3 is 2.50 bits per heavy atom. The number of nitrogens with two attached hydrogens (primary N) is 1. The van der Waals surface area contributed by atoms with Gasteiger partial charge in [0.15, 0.2) is 11.6 Å². The summed E-state index contributed by atoms with van der Waals surface area (Å²) in [6.07, 6.45) is -4.07. The second kappa shape index (κ2) is 4.69. The van der Waals surface area contributed by atoms with Crippen LogP contribution in [0.15, 0.2) is 21.7 Å². The molecule has 0 aliphatic rings. The Bertz CT molecular complexity index is 419. The summed E-state index contributed by atoms with van der Waals surface area (Å²) in [4.78, 5) is 0. The van der Waals surface area contributed by atoms with Crippen LogP contribution >= 0.6 is 15.9 Å². The predicted molar refractivity (Wildman–Crippen MR) is 52.6 cm³/mol. The van der Waals surface area contributed by atoms with Gasteiger partial charge in [-0.3, -0.25) is 0 Å². The average Bonchev–Trinajstić information content (AvgIpc) is 2.15. The van der Waals surface area contributed by atoms with Crippen molar-refractivity contribution >= 4 is 22.1 Å². The van der Waals surface area contributed by atoms with Gasteiger partial charge in [0.2, 0.25) is 0 Å². The molecule has 8 heteroatoms. The van der Waals surface area contributed by atoms with Crippen LogP contribution in [-0.2, 0) is 0 Å². The molecule has 1 rings (SSSR count). The smallest absolute Gasteiger partial charge is 0.403 e. The van der Waals surface area contributed by atoms with E-state index in [1.54, 1.807) is 0 Å². The number of hydrogen-bond acceptors (Lipinski definition) is 3. The molecule has 0 aliphatic carbocycles. The minimum absolute atomic E-state index is 0.216. The molecule has 0 saturated carbocycles. The molecule has 0 atom stereocenters. The van der Waals surface area contributed by atoms with Crippen molar-refractivity contribution < 1.29 is 22.3 Å². The van der Waals surface area contributed by atoms with Gasteiger partial charge in [0.05, 0.1) is 6.21 Å². The van der Waals surface area contributed by atoms with E-state index in [0.717, 1.165) is 12.3 Å². The van der Waals surface area contributed by atoms with Gasteiger partial charge in [-0.15, -0.1) is 13.2 Å². The van der Waals surface area contributed by atoms with Gasteiger partial charge in [0.1, 0.15) is 0 Å². The standard InChI is InChI=1S/C8H5BrF4N2O/c9-5-1-2-6(16-8(11,12)13)7(10)4(5)3-15-14/h1-3H,14H2. The fraction of sp³-hybridized carbons (Fsp3) is 0.125. The van der Waals surface area contributed by atoms with E-state index in [1.807, 2.05) is 0 Å². The molecule has 0 bridgehead atoms. The summed E-state index contributed by atoms with van der Waals surface area (Å²) in [5, 5.41) is 3.03. The molecule has 0 aliphatic heterocycles. The third kappa shape index (κ3) is 3.09. The van der Waals surface area contributed by atoms with Crippen molar-refractivity contribution in [2.45, 2.75) is 6.36 Å². The molecule has 1 aromatic carbocycles. The summed E-state index contributed by atoms with van der Waals surface area (Å²) in [6.45, 7) is 0. The van der Waals surface area contributed by atoms with E-state index in [2.05, 4.69) is 25.8 Å². The van der Waals surface area contributed by atoms with E-state index < -0.39 is 17.9 Å². The Kier molecular flexibility index (Phi) is 3.74. The SMILES string of the molecule is NN=Cc1c(Br)ccc(OC(F)(F)F)c1F. The van der Waals surface area contributed by atoms with Crippen LogP contribution in [0, 0.1) is 5.82 Å². The molecular formula is C8H5BrF4N2O. The second-order valence-electron chi connectivity index (χ2n) is 2.60. The van der Waals surface area contributed by atoms with E-state index >= 15 is 0 Å². The van der Waals surface area contributed by atoms with Crippen LogP contribution in [0.2, 0.25) is 0 Å². The normalized spacial score (nSPS) is 12.1. The molecule has 0 aromatic heterocycles. The zero-order valence-electron chi connectivity index (χ0n) is 7.55. The van der Waals surface area contributed by atoms with Gasteiger partial charge < -0.3 is 10.6 Å². The van der Waals surface area contributed by atoms with Crippen molar-refractivity contribution in [2.75, 3.05) is 0 Å². The summed E-state index contributed by atoms with van der Waals surface area (Å²) in [5.74, 6) is 2.66. The van der Waals surface area contributed by atoms with Gasteiger partial charge in [-0.1, -0.05) is 15.9 Å². The molecule has 0 amide bonds. The first-order chi connectivity index (χ1) is 7.35. The van der Waals surface area contributed by atoms with Gasteiger partial charge in [-0.25, -0.2) is 4.39 Å². The maximum Gasteiger partial charge on any atom is 0.573 e. The molecule has 0 fully saturated rings. The van der Waals surface area contributed by atoms with Crippen LogP contribution in [0.3, 0.4) is 0 Å². The van der Waals surface area contributed by atoms with Crippen LogP contribution in [0.25, 0.3) is 0 Å². The van der Waals surface area contributed by atoms with Gasteiger partial charge in [-0.2, -0.15) is 5.10 Å². The van der Waals surface area contributed by atoms with E-state index in [1.165, 1.54) is 6.07 Å². The van der Waals surface area contributed by atoms with E-state index in [9.17, 15) is 17.6 Å². The predicted octanol–water partition coefficient (Wildman–Crippen LogP) is 2.78. The molecule has 0 heterocycles. The van der Waals surface area contributed by atoms with Crippen LogP contribution in [0.5, 0.6) is 5.75 Å². The molecular weight excluding hydrogens is 296 g/mol. The first-order valence-corrected chi connectivity index (χ1v) is 4.61. The van der Waals surface area contributed by atoms with Gasteiger partial charge in [0.25, 0.3) is 0 Å². The first-order valence-electron chi connectivity index (χ1n) is 3.82. The van der Waals surface area contributed by atoms with Gasteiger partial charge >= 0.3 is 6.36 Å². The van der Waals surface area contributed by atoms with Crippen molar-refractivity contribution in [3.8, 4) is 5.75 Å². The number of ether oxygens (including phenoxy) is 1. The summed E-state index contributed by atoms with van der Waals surface area (Å²) in [6, 6.07) is 2.04. The molecule has 3 nitrogen and oxygen atoms in total. The second-order valence-corrected chi connectivity index (χ2v) is 3.45. The number of hydrogen-bond donors (Lipinski definition) is 1. The highest BCUT2D eigenvalue weighted by Gasteiger charge is 2.32. The summed E-state index contributed by atoms with van der Waals surface area (Å²) >= 11 is 2.94. The molecule has 16 heavy (non-hydrogen) atoms. The molecule has 0 unspecified atom stereocenters. The minimum atomic E-state index is -4.95. The summed E-state index contributed by atoms with van der Waals surface area (Å²) in [7, 11) is 0. The Hall–Kier alpha value is -1.31. The lowest BCUT2D eigenvalue weighted by atomic mass is 10.2. The van der Waals surface area contributed by atoms with Crippen molar-refractivity contribution in [1.82, 2.24) is 0 Å². The number of nitrogens with zero attached hydrogens (tertiary/aromatic N) is 1. The largest absolute Gasteiger partial charge is 0.573 e. The molecule has 0 spiro atoms. The monoisotopic (exact) mass is 300 g/mol. The van der Waals surface area contributed by atoms with Crippen molar-refractivity contribution in [3.05, 3.63) is 28.0 Å². The lowest BCUT2D eigenvalue weighted by Crippen LogP contribution is -2.18. The number of alkyl halides is 3. The number of halogens is 5. The topological polar surface area (TPSA) is 47.6 Å². The van der Waals surface area contributed by atoms with Gasteiger partial charge in [-0.05, 0) is 12.1 Å². The summed E-state index contributed by atoms with van der Waals surface area (Å²) < 4.78 is 52.8. The molecule has 0 radical (unpaired) electrons. The average molecular weight is 301 g/mol. The maximum absolute atomic E-state index is 13.4.